The van der Waals surface area contributed by atoms with Gasteiger partial charge in [-0.25, -0.2) is 4.79 Å². The van der Waals surface area contributed by atoms with Crippen LogP contribution in [0, 0.1) is 0 Å². The van der Waals surface area contributed by atoms with Crippen molar-refractivity contribution in [1.29, 1.82) is 0 Å². The molecule has 2 aromatic rings. The van der Waals surface area contributed by atoms with Crippen LogP contribution >= 0.6 is 11.8 Å². The molecular weight excluding hydrogens is 282 g/mol. The minimum Gasteiger partial charge on any atom is -0.465 e. The molecule has 1 aliphatic rings. The van der Waals surface area contributed by atoms with Gasteiger partial charge >= 0.3 is 5.97 Å². The fourth-order valence-corrected chi connectivity index (χ4v) is 3.24. The number of rotatable bonds is 3. The Morgan fingerprint density at radius 1 is 1.10 bits per heavy atom. The van der Waals surface area contributed by atoms with Crippen molar-refractivity contribution in [3.05, 3.63) is 70.8 Å². The van der Waals surface area contributed by atoms with E-state index in [4.69, 9.17) is 4.74 Å². The van der Waals surface area contributed by atoms with Crippen LogP contribution in [0.3, 0.4) is 0 Å². The number of fused-ring (bicyclic) bond motifs is 1. The molecule has 0 saturated heterocycles. The maximum absolute atomic E-state index is 12.0. The van der Waals surface area contributed by atoms with E-state index in [1.54, 1.807) is 0 Å². The topological polar surface area (TPSA) is 38.3 Å². The molecule has 0 spiro atoms. The number of carbonyl (C=O) groups excluding carboxylic acids is 1. The molecule has 0 atom stereocenters. The molecule has 1 N–H and O–H groups in total. The van der Waals surface area contributed by atoms with Crippen LogP contribution in [-0.4, -0.2) is 13.1 Å². The van der Waals surface area contributed by atoms with Gasteiger partial charge in [0.15, 0.2) is 0 Å². The Labute approximate surface area is 128 Å². The lowest BCUT2D eigenvalue weighted by atomic mass is 10.1. The summed E-state index contributed by atoms with van der Waals surface area (Å²) >= 11 is 1.46. The second-order valence-corrected chi connectivity index (χ2v) is 5.74. The number of methoxy groups -OCH3 is 1. The summed E-state index contributed by atoms with van der Waals surface area (Å²) in [6, 6.07) is 18.0. The zero-order valence-electron chi connectivity index (χ0n) is 11.6. The van der Waals surface area contributed by atoms with Crippen molar-refractivity contribution < 1.29 is 9.53 Å². The third-order valence-electron chi connectivity index (χ3n) is 3.25. The number of hydrogen-bond donors (Lipinski definition) is 1. The quantitative estimate of drug-likeness (QED) is 0.874. The zero-order valence-corrected chi connectivity index (χ0v) is 12.4. The van der Waals surface area contributed by atoms with Gasteiger partial charge in [-0.3, -0.25) is 0 Å². The lowest BCUT2D eigenvalue weighted by Crippen LogP contribution is -2.16. The van der Waals surface area contributed by atoms with Gasteiger partial charge in [-0.1, -0.05) is 54.2 Å². The Balaban J connectivity index is 1.96. The molecule has 1 aliphatic heterocycles. The minimum absolute atomic E-state index is 0.298. The van der Waals surface area contributed by atoms with Crippen molar-refractivity contribution in [2.24, 2.45) is 0 Å². The maximum Gasteiger partial charge on any atom is 0.346 e. The van der Waals surface area contributed by atoms with Crippen molar-refractivity contribution in [2.45, 2.75) is 11.3 Å². The summed E-state index contributed by atoms with van der Waals surface area (Å²) in [4.78, 5) is 13.7. The molecule has 0 aliphatic carbocycles. The van der Waals surface area contributed by atoms with Crippen LogP contribution in [0.4, 0.5) is 5.69 Å². The van der Waals surface area contributed by atoms with Crippen molar-refractivity contribution in [3.8, 4) is 0 Å². The van der Waals surface area contributed by atoms with E-state index in [1.165, 1.54) is 18.9 Å². The smallest absolute Gasteiger partial charge is 0.346 e. The van der Waals surface area contributed by atoms with Crippen LogP contribution in [0.1, 0.15) is 5.56 Å². The second-order valence-electron chi connectivity index (χ2n) is 4.68. The van der Waals surface area contributed by atoms with Crippen LogP contribution in [0.5, 0.6) is 0 Å². The fraction of sp³-hybridized carbons (Fsp3) is 0.118. The Morgan fingerprint density at radius 3 is 2.57 bits per heavy atom. The Kier molecular flexibility index (Phi) is 3.97. The lowest BCUT2D eigenvalue weighted by molar-refractivity contribution is -0.135. The van der Waals surface area contributed by atoms with Crippen LogP contribution in [0.15, 0.2) is 70.1 Å². The second kappa shape index (κ2) is 6.06. The summed E-state index contributed by atoms with van der Waals surface area (Å²) in [5.41, 5.74) is 3.07. The standard InChI is InChI=1S/C17H15NO2S/c1-20-17(19)16-14(11-12-7-3-2-4-8-12)18-13-9-5-6-10-15(13)21-16/h2-10,18H,11H2,1H3. The summed E-state index contributed by atoms with van der Waals surface area (Å²) in [6.07, 6.45) is 0.673. The molecule has 0 radical (unpaired) electrons. The average molecular weight is 297 g/mol. The van der Waals surface area contributed by atoms with E-state index in [0.29, 0.717) is 11.3 Å². The van der Waals surface area contributed by atoms with Crippen molar-refractivity contribution in [2.75, 3.05) is 12.4 Å². The highest BCUT2D eigenvalue weighted by atomic mass is 32.2. The first-order valence-corrected chi connectivity index (χ1v) is 7.49. The monoisotopic (exact) mass is 297 g/mol. The molecule has 0 aromatic heterocycles. The molecule has 4 heteroatoms. The predicted molar refractivity (Wildman–Crippen MR) is 85.1 cm³/mol. The molecule has 0 amide bonds. The summed E-state index contributed by atoms with van der Waals surface area (Å²) in [5.74, 6) is -0.298. The van der Waals surface area contributed by atoms with Crippen molar-refractivity contribution in [3.63, 3.8) is 0 Å². The third kappa shape index (κ3) is 2.95. The molecule has 3 nitrogen and oxygen atoms in total. The number of allylic oxidation sites excluding steroid dienone is 1. The van der Waals surface area contributed by atoms with E-state index in [9.17, 15) is 4.79 Å². The minimum atomic E-state index is -0.298. The van der Waals surface area contributed by atoms with Crippen LogP contribution < -0.4 is 5.32 Å². The summed E-state index contributed by atoms with van der Waals surface area (Å²) < 4.78 is 4.92. The molecule has 3 rings (SSSR count). The Bertz CT molecular complexity index is 695. The third-order valence-corrected chi connectivity index (χ3v) is 4.45. The van der Waals surface area contributed by atoms with E-state index in [1.807, 2.05) is 42.5 Å². The first-order chi connectivity index (χ1) is 10.3. The van der Waals surface area contributed by atoms with Crippen LogP contribution in [0.2, 0.25) is 0 Å². The molecule has 0 bridgehead atoms. The zero-order chi connectivity index (χ0) is 14.7. The van der Waals surface area contributed by atoms with Gasteiger partial charge in [-0.15, -0.1) is 0 Å². The fourth-order valence-electron chi connectivity index (χ4n) is 2.23. The number of thioether (sulfide) groups is 1. The van der Waals surface area contributed by atoms with Gasteiger partial charge in [0.1, 0.15) is 4.91 Å². The maximum atomic E-state index is 12.0. The summed E-state index contributed by atoms with van der Waals surface area (Å²) in [7, 11) is 1.41. The predicted octanol–water partition coefficient (Wildman–Crippen LogP) is 3.83. The normalized spacial score (nSPS) is 13.4. The van der Waals surface area contributed by atoms with Gasteiger partial charge in [0.25, 0.3) is 0 Å². The van der Waals surface area contributed by atoms with Gasteiger partial charge in [-0.2, -0.15) is 0 Å². The highest BCUT2D eigenvalue weighted by Gasteiger charge is 2.24. The molecule has 106 valence electrons. The Morgan fingerprint density at radius 2 is 1.81 bits per heavy atom. The van der Waals surface area contributed by atoms with E-state index >= 15 is 0 Å². The molecule has 21 heavy (non-hydrogen) atoms. The van der Waals surface area contributed by atoms with Gasteiger partial charge in [0, 0.05) is 17.0 Å². The summed E-state index contributed by atoms with van der Waals surface area (Å²) in [5, 5.41) is 3.37. The van der Waals surface area contributed by atoms with E-state index in [2.05, 4.69) is 17.4 Å². The van der Waals surface area contributed by atoms with Crippen molar-refractivity contribution >= 4 is 23.4 Å². The van der Waals surface area contributed by atoms with Gasteiger partial charge in [0.05, 0.1) is 12.8 Å². The van der Waals surface area contributed by atoms with E-state index < -0.39 is 0 Å². The molecule has 1 heterocycles. The van der Waals surface area contributed by atoms with Gasteiger partial charge in [0.2, 0.25) is 0 Å². The first-order valence-electron chi connectivity index (χ1n) is 6.67. The van der Waals surface area contributed by atoms with Gasteiger partial charge < -0.3 is 10.1 Å². The number of nitrogens with one attached hydrogen (secondary N) is 1. The van der Waals surface area contributed by atoms with Crippen LogP contribution in [-0.2, 0) is 16.0 Å². The van der Waals surface area contributed by atoms with Crippen LogP contribution in [0.25, 0.3) is 0 Å². The SMILES string of the molecule is COC(=O)C1=C(Cc2ccccc2)Nc2ccccc2S1. The molecule has 2 aromatic carbocycles. The van der Waals surface area contributed by atoms with E-state index in [0.717, 1.165) is 21.8 Å². The van der Waals surface area contributed by atoms with Crippen molar-refractivity contribution in [1.82, 2.24) is 0 Å². The number of carbonyl (C=O) groups is 1. The number of esters is 1. The lowest BCUT2D eigenvalue weighted by Gasteiger charge is -2.23. The summed E-state index contributed by atoms with van der Waals surface area (Å²) in [6.45, 7) is 0. The average Bonchev–Trinajstić information content (AvgIpc) is 2.54. The largest absolute Gasteiger partial charge is 0.465 e. The number of anilines is 1. The number of hydrogen-bond acceptors (Lipinski definition) is 4. The number of para-hydroxylation sites is 1. The Hall–Kier alpha value is -2.20. The first kappa shape index (κ1) is 13.8. The van der Waals surface area contributed by atoms with Gasteiger partial charge in [-0.05, 0) is 17.7 Å². The molecule has 0 unspecified atom stereocenters. The molecule has 0 fully saturated rings. The van der Waals surface area contributed by atoms with E-state index in [-0.39, 0.29) is 5.97 Å². The molecular formula is C17H15NO2S. The number of benzene rings is 2. The number of ether oxygens (including phenoxy) is 1. The molecule has 0 saturated carbocycles. The highest BCUT2D eigenvalue weighted by Crippen LogP contribution is 2.40. The highest BCUT2D eigenvalue weighted by molar-refractivity contribution is 8.04.